The number of aryl methyl sites for hydroxylation is 1. The van der Waals surface area contributed by atoms with Gasteiger partial charge >= 0.3 is 0 Å². The summed E-state index contributed by atoms with van der Waals surface area (Å²) < 4.78 is 11.5. The molecule has 1 spiro atoms. The normalized spacial score (nSPS) is 26.9. The largest absolute Gasteiger partial charge is 0.469 e. The molecule has 2 atom stereocenters. The molecule has 20 heavy (non-hydrogen) atoms. The number of nitrogens with one attached hydrogen (secondary N) is 1. The number of nitrogens with two attached hydrogens (primary N) is 1. The average Bonchev–Trinajstić information content (AvgIpc) is 3.12. The third-order valence-electron chi connectivity index (χ3n) is 5.11. The second kappa shape index (κ2) is 6.29. The monoisotopic (exact) mass is 278 g/mol. The fourth-order valence-electron chi connectivity index (χ4n) is 3.98. The molecular weight excluding hydrogens is 252 g/mol. The highest BCUT2D eigenvalue weighted by Crippen LogP contribution is 2.43. The van der Waals surface area contributed by atoms with Crippen LogP contribution in [0, 0.1) is 5.92 Å². The summed E-state index contributed by atoms with van der Waals surface area (Å²) in [7, 11) is 0. The minimum absolute atomic E-state index is 0.169. The van der Waals surface area contributed by atoms with Crippen LogP contribution in [0.3, 0.4) is 0 Å². The van der Waals surface area contributed by atoms with Crippen molar-refractivity contribution in [2.24, 2.45) is 11.8 Å². The smallest absolute Gasteiger partial charge is 0.103 e. The fourth-order valence-corrected chi connectivity index (χ4v) is 3.98. The summed E-state index contributed by atoms with van der Waals surface area (Å²) >= 11 is 0. The van der Waals surface area contributed by atoms with Gasteiger partial charge in [-0.05, 0) is 50.2 Å². The van der Waals surface area contributed by atoms with Gasteiger partial charge < -0.3 is 9.15 Å². The highest BCUT2D eigenvalue weighted by molar-refractivity contribution is 5.00. The second-order valence-electron chi connectivity index (χ2n) is 6.38. The molecule has 2 unspecified atom stereocenters. The Kier molecular flexibility index (Phi) is 4.44. The van der Waals surface area contributed by atoms with Gasteiger partial charge in [0.2, 0.25) is 0 Å². The number of hydrogen-bond acceptors (Lipinski definition) is 4. The van der Waals surface area contributed by atoms with Crippen LogP contribution in [0.25, 0.3) is 0 Å². The highest BCUT2D eigenvalue weighted by atomic mass is 16.5. The van der Waals surface area contributed by atoms with E-state index in [0.29, 0.717) is 12.0 Å². The molecule has 1 aliphatic carbocycles. The Morgan fingerprint density at radius 1 is 1.40 bits per heavy atom. The summed E-state index contributed by atoms with van der Waals surface area (Å²) in [6.45, 7) is 0.892. The van der Waals surface area contributed by atoms with Gasteiger partial charge in [0, 0.05) is 19.1 Å². The van der Waals surface area contributed by atoms with Crippen molar-refractivity contribution in [2.75, 3.05) is 6.61 Å². The Morgan fingerprint density at radius 3 is 2.95 bits per heavy atom. The van der Waals surface area contributed by atoms with Gasteiger partial charge in [0.1, 0.15) is 5.76 Å². The molecule has 4 heteroatoms. The van der Waals surface area contributed by atoms with Gasteiger partial charge in [-0.2, -0.15) is 0 Å². The van der Waals surface area contributed by atoms with E-state index in [4.69, 9.17) is 15.0 Å². The van der Waals surface area contributed by atoms with E-state index in [1.165, 1.54) is 32.1 Å². The van der Waals surface area contributed by atoms with Crippen LogP contribution in [0.4, 0.5) is 0 Å². The minimum Gasteiger partial charge on any atom is -0.469 e. The lowest BCUT2D eigenvalue weighted by Crippen LogP contribution is -2.48. The molecule has 1 saturated carbocycles. The molecule has 2 aliphatic rings. The Bertz CT molecular complexity index is 399. The quantitative estimate of drug-likeness (QED) is 0.642. The van der Waals surface area contributed by atoms with Gasteiger partial charge in [0.25, 0.3) is 0 Å². The molecule has 2 fully saturated rings. The second-order valence-corrected chi connectivity index (χ2v) is 6.38. The van der Waals surface area contributed by atoms with Gasteiger partial charge in [0.05, 0.1) is 11.9 Å². The molecular formula is C16H26N2O2. The van der Waals surface area contributed by atoms with E-state index >= 15 is 0 Å². The Balaban J connectivity index is 1.57. The lowest BCUT2D eigenvalue weighted by Gasteiger charge is -2.41. The van der Waals surface area contributed by atoms with Crippen molar-refractivity contribution in [3.8, 4) is 0 Å². The van der Waals surface area contributed by atoms with Crippen LogP contribution in [-0.2, 0) is 11.2 Å². The summed E-state index contributed by atoms with van der Waals surface area (Å²) in [6.07, 6.45) is 11.1. The van der Waals surface area contributed by atoms with Gasteiger partial charge in [-0.1, -0.05) is 12.8 Å². The van der Waals surface area contributed by atoms with Crippen LogP contribution in [0.1, 0.15) is 50.7 Å². The van der Waals surface area contributed by atoms with Gasteiger partial charge in [-0.15, -0.1) is 0 Å². The first-order valence-electron chi connectivity index (χ1n) is 7.94. The average molecular weight is 278 g/mol. The van der Waals surface area contributed by atoms with E-state index in [-0.39, 0.29) is 5.60 Å². The minimum atomic E-state index is 0.169. The van der Waals surface area contributed by atoms with Gasteiger partial charge in [-0.3, -0.25) is 11.3 Å². The topological polar surface area (TPSA) is 60.4 Å². The van der Waals surface area contributed by atoms with Crippen LogP contribution in [-0.4, -0.2) is 18.2 Å². The number of ether oxygens (including phenoxy) is 1. The molecule has 4 nitrogen and oxygen atoms in total. The van der Waals surface area contributed by atoms with Crippen molar-refractivity contribution in [1.29, 1.82) is 0 Å². The predicted octanol–water partition coefficient (Wildman–Crippen LogP) is 2.78. The molecule has 3 rings (SSSR count). The van der Waals surface area contributed by atoms with Crippen LogP contribution in [0.5, 0.6) is 0 Å². The maximum absolute atomic E-state index is 6.11. The summed E-state index contributed by atoms with van der Waals surface area (Å²) in [5.74, 6) is 7.48. The molecule has 3 N–H and O–H groups in total. The number of furan rings is 1. The Labute approximate surface area is 121 Å². The molecule has 1 aromatic heterocycles. The Hall–Kier alpha value is -0.840. The summed E-state index contributed by atoms with van der Waals surface area (Å²) in [5.41, 5.74) is 3.21. The number of rotatable bonds is 5. The summed E-state index contributed by atoms with van der Waals surface area (Å²) in [5, 5.41) is 0. The first-order valence-corrected chi connectivity index (χ1v) is 7.94. The van der Waals surface area contributed by atoms with Crippen molar-refractivity contribution in [3.05, 3.63) is 24.2 Å². The molecule has 1 aliphatic heterocycles. The molecule has 112 valence electrons. The van der Waals surface area contributed by atoms with Crippen molar-refractivity contribution in [1.82, 2.24) is 5.43 Å². The van der Waals surface area contributed by atoms with Crippen LogP contribution in [0.2, 0.25) is 0 Å². The maximum Gasteiger partial charge on any atom is 0.103 e. The SMILES string of the molecule is NNC(CCc1ccco1)C1CCOC2(CCCC2)C1. The zero-order valence-corrected chi connectivity index (χ0v) is 12.1. The molecule has 0 amide bonds. The summed E-state index contributed by atoms with van der Waals surface area (Å²) in [4.78, 5) is 0. The van der Waals surface area contributed by atoms with E-state index < -0.39 is 0 Å². The third kappa shape index (κ3) is 3.08. The molecule has 2 heterocycles. The lowest BCUT2D eigenvalue weighted by molar-refractivity contribution is -0.0982. The first kappa shape index (κ1) is 14.1. The van der Waals surface area contributed by atoms with Crippen LogP contribution in [0.15, 0.2) is 22.8 Å². The molecule has 0 aromatic carbocycles. The number of hydrogen-bond donors (Lipinski definition) is 2. The number of hydrazine groups is 1. The molecule has 0 radical (unpaired) electrons. The predicted molar refractivity (Wildman–Crippen MR) is 78.0 cm³/mol. The maximum atomic E-state index is 6.11. The van der Waals surface area contributed by atoms with Crippen molar-refractivity contribution < 1.29 is 9.15 Å². The third-order valence-corrected chi connectivity index (χ3v) is 5.11. The van der Waals surface area contributed by atoms with E-state index in [1.54, 1.807) is 6.26 Å². The van der Waals surface area contributed by atoms with E-state index in [2.05, 4.69) is 5.43 Å². The van der Waals surface area contributed by atoms with Crippen molar-refractivity contribution in [2.45, 2.75) is 63.0 Å². The van der Waals surface area contributed by atoms with Crippen LogP contribution >= 0.6 is 0 Å². The van der Waals surface area contributed by atoms with Crippen LogP contribution < -0.4 is 11.3 Å². The van der Waals surface area contributed by atoms with E-state index in [9.17, 15) is 0 Å². The Morgan fingerprint density at radius 2 is 2.25 bits per heavy atom. The molecule has 1 aromatic rings. The van der Waals surface area contributed by atoms with Gasteiger partial charge in [0.15, 0.2) is 0 Å². The fraction of sp³-hybridized carbons (Fsp3) is 0.750. The molecule has 1 saturated heterocycles. The van der Waals surface area contributed by atoms with Gasteiger partial charge in [-0.25, -0.2) is 0 Å². The first-order chi connectivity index (χ1) is 9.81. The highest BCUT2D eigenvalue weighted by Gasteiger charge is 2.41. The van der Waals surface area contributed by atoms with E-state index in [0.717, 1.165) is 31.6 Å². The van der Waals surface area contributed by atoms with E-state index in [1.807, 2.05) is 12.1 Å². The summed E-state index contributed by atoms with van der Waals surface area (Å²) in [6, 6.07) is 4.35. The lowest BCUT2D eigenvalue weighted by atomic mass is 9.79. The standard InChI is InChI=1S/C16H26N2O2/c17-18-15(6-5-14-4-3-10-19-14)13-7-11-20-16(12-13)8-1-2-9-16/h3-4,10,13,15,18H,1-2,5-9,11-12,17H2. The zero-order valence-electron chi connectivity index (χ0n) is 12.1. The molecule has 0 bridgehead atoms. The van der Waals surface area contributed by atoms with Crippen molar-refractivity contribution >= 4 is 0 Å². The van der Waals surface area contributed by atoms with Crippen molar-refractivity contribution in [3.63, 3.8) is 0 Å². The zero-order chi connectivity index (χ0) is 13.8.